The molecule has 0 aromatic heterocycles. The van der Waals surface area contributed by atoms with Crippen molar-refractivity contribution in [3.63, 3.8) is 0 Å². The molecular formula is C19H28N4O. The lowest BCUT2D eigenvalue weighted by Crippen LogP contribution is -2.44. The molecule has 5 nitrogen and oxygen atoms in total. The number of hydrogen-bond donors (Lipinski definition) is 2. The Morgan fingerprint density at radius 2 is 2.17 bits per heavy atom. The van der Waals surface area contributed by atoms with Crippen molar-refractivity contribution in [1.29, 1.82) is 0 Å². The fourth-order valence-electron chi connectivity index (χ4n) is 3.64. The quantitative estimate of drug-likeness (QED) is 0.655. The van der Waals surface area contributed by atoms with E-state index in [1.165, 1.54) is 36.0 Å². The maximum atomic E-state index is 11.8. The molecule has 1 aromatic rings. The molecule has 0 spiro atoms. The summed E-state index contributed by atoms with van der Waals surface area (Å²) in [6.45, 7) is 4.30. The molecule has 3 rings (SSSR count). The van der Waals surface area contributed by atoms with E-state index in [4.69, 9.17) is 0 Å². The topological polar surface area (TPSA) is 56.7 Å². The van der Waals surface area contributed by atoms with Crippen molar-refractivity contribution >= 4 is 11.9 Å². The van der Waals surface area contributed by atoms with Crippen molar-refractivity contribution < 1.29 is 4.79 Å². The Morgan fingerprint density at radius 1 is 1.33 bits per heavy atom. The zero-order valence-electron chi connectivity index (χ0n) is 14.8. The number of fused-ring (bicyclic) bond motifs is 1. The smallest absolute Gasteiger partial charge is 0.222 e. The van der Waals surface area contributed by atoms with E-state index in [1.807, 2.05) is 11.8 Å². The molecule has 1 unspecified atom stereocenters. The Morgan fingerprint density at radius 3 is 2.96 bits per heavy atom. The van der Waals surface area contributed by atoms with Gasteiger partial charge in [-0.05, 0) is 42.4 Å². The monoisotopic (exact) mass is 328 g/mol. The van der Waals surface area contributed by atoms with E-state index < -0.39 is 0 Å². The van der Waals surface area contributed by atoms with E-state index in [0.29, 0.717) is 6.42 Å². The lowest BCUT2D eigenvalue weighted by molar-refractivity contribution is -0.129. The summed E-state index contributed by atoms with van der Waals surface area (Å²) in [6.07, 6.45) is 5.27. The molecule has 1 aromatic carbocycles. The molecule has 24 heavy (non-hydrogen) atoms. The van der Waals surface area contributed by atoms with Crippen LogP contribution in [-0.2, 0) is 24.2 Å². The molecule has 1 amide bonds. The number of nitrogens with one attached hydrogen (secondary N) is 2. The van der Waals surface area contributed by atoms with Crippen LogP contribution in [0.25, 0.3) is 0 Å². The minimum absolute atomic E-state index is 0.236. The van der Waals surface area contributed by atoms with Gasteiger partial charge in [0, 0.05) is 39.1 Å². The van der Waals surface area contributed by atoms with Crippen LogP contribution in [0.4, 0.5) is 0 Å². The van der Waals surface area contributed by atoms with Crippen molar-refractivity contribution in [3.05, 3.63) is 34.9 Å². The van der Waals surface area contributed by atoms with E-state index in [1.54, 1.807) is 7.05 Å². The lowest BCUT2D eigenvalue weighted by atomic mass is 10.1. The molecule has 2 aliphatic rings. The number of benzene rings is 1. The number of carbonyl (C=O) groups is 1. The molecule has 1 aliphatic carbocycles. The highest BCUT2D eigenvalue weighted by atomic mass is 16.2. The summed E-state index contributed by atoms with van der Waals surface area (Å²) in [5.74, 6) is 1.05. The van der Waals surface area contributed by atoms with E-state index >= 15 is 0 Å². The van der Waals surface area contributed by atoms with Gasteiger partial charge in [-0.3, -0.25) is 9.79 Å². The molecule has 0 bridgehead atoms. The molecule has 0 saturated carbocycles. The Labute approximate surface area is 144 Å². The average Bonchev–Trinajstić information content (AvgIpc) is 3.26. The number of aryl methyl sites for hydroxylation is 2. The molecule has 1 fully saturated rings. The highest BCUT2D eigenvalue weighted by molar-refractivity contribution is 5.80. The first kappa shape index (κ1) is 16.8. The fraction of sp³-hybridized carbons (Fsp3) is 0.579. The van der Waals surface area contributed by atoms with Crippen LogP contribution in [0.3, 0.4) is 0 Å². The molecular weight excluding hydrogens is 300 g/mol. The maximum absolute atomic E-state index is 11.8. The number of amides is 1. The third kappa shape index (κ3) is 3.89. The van der Waals surface area contributed by atoms with Crippen LogP contribution in [0, 0.1) is 0 Å². The first-order chi connectivity index (χ1) is 11.7. The number of likely N-dealkylation sites (tertiary alicyclic amines) is 1. The predicted molar refractivity (Wildman–Crippen MR) is 97.1 cm³/mol. The summed E-state index contributed by atoms with van der Waals surface area (Å²) in [5, 5.41) is 6.84. The van der Waals surface area contributed by atoms with Crippen LogP contribution in [0.15, 0.2) is 23.2 Å². The number of rotatable bonds is 4. The predicted octanol–water partition coefficient (Wildman–Crippen LogP) is 1.85. The van der Waals surface area contributed by atoms with Gasteiger partial charge in [0.25, 0.3) is 0 Å². The lowest BCUT2D eigenvalue weighted by Gasteiger charge is -2.19. The standard InChI is InChI=1S/C19H28N4O/c1-3-18(24)23-10-9-17(13-23)22-19(20-2)21-12-14-7-8-15-5-4-6-16(15)11-14/h7-8,11,17H,3-6,9-10,12-13H2,1-2H3,(H2,20,21,22). The van der Waals surface area contributed by atoms with Gasteiger partial charge >= 0.3 is 0 Å². The molecule has 0 radical (unpaired) electrons. The molecule has 130 valence electrons. The van der Waals surface area contributed by atoms with E-state index in [0.717, 1.165) is 32.0 Å². The van der Waals surface area contributed by atoms with Crippen LogP contribution >= 0.6 is 0 Å². The Hall–Kier alpha value is -2.04. The Balaban J connectivity index is 1.50. The van der Waals surface area contributed by atoms with Crippen molar-refractivity contribution in [1.82, 2.24) is 15.5 Å². The van der Waals surface area contributed by atoms with Gasteiger partial charge in [0.15, 0.2) is 5.96 Å². The summed E-state index contributed by atoms with van der Waals surface area (Å²) in [6, 6.07) is 7.08. The largest absolute Gasteiger partial charge is 0.352 e. The van der Waals surface area contributed by atoms with E-state index in [9.17, 15) is 4.79 Å². The maximum Gasteiger partial charge on any atom is 0.222 e. The zero-order valence-corrected chi connectivity index (χ0v) is 14.8. The van der Waals surface area contributed by atoms with Crippen molar-refractivity contribution in [2.75, 3.05) is 20.1 Å². The Bertz CT molecular complexity index is 626. The summed E-state index contributed by atoms with van der Waals surface area (Å²) in [7, 11) is 1.79. The third-order valence-electron chi connectivity index (χ3n) is 5.03. The molecule has 1 aliphatic heterocycles. The van der Waals surface area contributed by atoms with Gasteiger partial charge in [-0.2, -0.15) is 0 Å². The van der Waals surface area contributed by atoms with Gasteiger partial charge in [-0.25, -0.2) is 0 Å². The van der Waals surface area contributed by atoms with Gasteiger partial charge in [0.2, 0.25) is 5.91 Å². The number of guanidine groups is 1. The summed E-state index contributed by atoms with van der Waals surface area (Å²) in [5.41, 5.74) is 4.31. The molecule has 5 heteroatoms. The average molecular weight is 328 g/mol. The number of hydrogen-bond acceptors (Lipinski definition) is 2. The summed E-state index contributed by atoms with van der Waals surface area (Å²) >= 11 is 0. The Kier molecular flexibility index (Phi) is 5.38. The van der Waals surface area contributed by atoms with Crippen LogP contribution in [0.2, 0.25) is 0 Å². The van der Waals surface area contributed by atoms with Crippen LogP contribution in [0.5, 0.6) is 0 Å². The zero-order chi connectivity index (χ0) is 16.9. The third-order valence-corrected chi connectivity index (χ3v) is 5.03. The van der Waals surface area contributed by atoms with Crippen LogP contribution in [-0.4, -0.2) is 42.9 Å². The van der Waals surface area contributed by atoms with Gasteiger partial charge in [0.05, 0.1) is 0 Å². The van der Waals surface area contributed by atoms with E-state index in [2.05, 4.69) is 33.8 Å². The number of carbonyl (C=O) groups excluding carboxylic acids is 1. The minimum Gasteiger partial charge on any atom is -0.352 e. The minimum atomic E-state index is 0.236. The summed E-state index contributed by atoms with van der Waals surface area (Å²) in [4.78, 5) is 18.0. The first-order valence-electron chi connectivity index (χ1n) is 9.05. The molecule has 1 atom stereocenters. The van der Waals surface area contributed by atoms with Crippen LogP contribution < -0.4 is 10.6 Å². The van der Waals surface area contributed by atoms with Gasteiger partial charge in [-0.1, -0.05) is 25.1 Å². The molecule has 1 heterocycles. The second-order valence-electron chi connectivity index (χ2n) is 6.71. The molecule has 1 saturated heterocycles. The highest BCUT2D eigenvalue weighted by Crippen LogP contribution is 2.22. The SMILES string of the molecule is CCC(=O)N1CCC(NC(=NC)NCc2ccc3c(c2)CCC3)C1. The normalized spacial score (nSPS) is 20.2. The summed E-state index contributed by atoms with van der Waals surface area (Å²) < 4.78 is 0. The first-order valence-corrected chi connectivity index (χ1v) is 9.05. The second-order valence-corrected chi connectivity index (χ2v) is 6.71. The van der Waals surface area contributed by atoms with Crippen LogP contribution in [0.1, 0.15) is 42.9 Å². The molecule has 2 N–H and O–H groups in total. The van der Waals surface area contributed by atoms with Gasteiger partial charge < -0.3 is 15.5 Å². The van der Waals surface area contributed by atoms with Crippen molar-refractivity contribution in [2.24, 2.45) is 4.99 Å². The van der Waals surface area contributed by atoms with E-state index in [-0.39, 0.29) is 11.9 Å². The highest BCUT2D eigenvalue weighted by Gasteiger charge is 2.25. The number of nitrogens with zero attached hydrogens (tertiary/aromatic N) is 2. The second kappa shape index (κ2) is 7.69. The van der Waals surface area contributed by atoms with Gasteiger partial charge in [0.1, 0.15) is 0 Å². The van der Waals surface area contributed by atoms with Gasteiger partial charge in [-0.15, -0.1) is 0 Å². The number of aliphatic imine (C=N–C) groups is 1. The fourth-order valence-corrected chi connectivity index (χ4v) is 3.64. The van der Waals surface area contributed by atoms with Crippen molar-refractivity contribution in [3.8, 4) is 0 Å². The van der Waals surface area contributed by atoms with Crippen molar-refractivity contribution in [2.45, 2.75) is 51.6 Å².